The SMILES string of the molecule is NCCc1noc(-c2ccco2)n1. The first-order valence-electron chi connectivity index (χ1n) is 3.96. The lowest BCUT2D eigenvalue weighted by Crippen LogP contribution is -2.03. The highest BCUT2D eigenvalue weighted by molar-refractivity contribution is 5.42. The Hall–Kier alpha value is -1.62. The van der Waals surface area contributed by atoms with E-state index >= 15 is 0 Å². The fraction of sp³-hybridized carbons (Fsp3) is 0.250. The molecule has 68 valence electrons. The Balaban J connectivity index is 2.23. The van der Waals surface area contributed by atoms with Gasteiger partial charge in [0, 0.05) is 6.42 Å². The van der Waals surface area contributed by atoms with Gasteiger partial charge >= 0.3 is 0 Å². The number of nitrogens with two attached hydrogens (primary N) is 1. The van der Waals surface area contributed by atoms with Gasteiger partial charge in [-0.1, -0.05) is 5.16 Å². The first-order chi connectivity index (χ1) is 6.40. The van der Waals surface area contributed by atoms with Gasteiger partial charge in [0.1, 0.15) is 0 Å². The fourth-order valence-corrected chi connectivity index (χ4v) is 0.985. The van der Waals surface area contributed by atoms with Crippen LogP contribution < -0.4 is 5.73 Å². The predicted molar refractivity (Wildman–Crippen MR) is 44.8 cm³/mol. The highest BCUT2D eigenvalue weighted by Gasteiger charge is 2.09. The molecule has 13 heavy (non-hydrogen) atoms. The van der Waals surface area contributed by atoms with Crippen molar-refractivity contribution in [3.63, 3.8) is 0 Å². The summed E-state index contributed by atoms with van der Waals surface area (Å²) in [6, 6.07) is 3.53. The van der Waals surface area contributed by atoms with Gasteiger partial charge < -0.3 is 14.7 Å². The van der Waals surface area contributed by atoms with Gasteiger partial charge in [0.05, 0.1) is 6.26 Å². The lowest BCUT2D eigenvalue weighted by atomic mass is 10.4. The van der Waals surface area contributed by atoms with Crippen LogP contribution in [-0.4, -0.2) is 16.7 Å². The Morgan fingerprint density at radius 3 is 3.08 bits per heavy atom. The minimum absolute atomic E-state index is 0.397. The fourth-order valence-electron chi connectivity index (χ4n) is 0.985. The van der Waals surface area contributed by atoms with Gasteiger partial charge in [0.25, 0.3) is 5.89 Å². The third-order valence-electron chi connectivity index (χ3n) is 1.57. The summed E-state index contributed by atoms with van der Waals surface area (Å²) >= 11 is 0. The Kier molecular flexibility index (Phi) is 2.09. The molecule has 2 N–H and O–H groups in total. The highest BCUT2D eigenvalue weighted by Crippen LogP contribution is 2.16. The van der Waals surface area contributed by atoms with E-state index in [0.717, 1.165) is 0 Å². The van der Waals surface area contributed by atoms with E-state index in [1.165, 1.54) is 0 Å². The van der Waals surface area contributed by atoms with Crippen molar-refractivity contribution in [1.29, 1.82) is 0 Å². The molecule has 0 radical (unpaired) electrons. The molecule has 0 aliphatic rings. The van der Waals surface area contributed by atoms with Crippen LogP contribution in [0.5, 0.6) is 0 Å². The van der Waals surface area contributed by atoms with Gasteiger partial charge in [0.2, 0.25) is 0 Å². The van der Waals surface area contributed by atoms with E-state index in [9.17, 15) is 0 Å². The summed E-state index contributed by atoms with van der Waals surface area (Å²) in [5.74, 6) is 1.58. The Morgan fingerprint density at radius 1 is 1.46 bits per heavy atom. The van der Waals surface area contributed by atoms with Gasteiger partial charge in [-0.3, -0.25) is 0 Å². The monoisotopic (exact) mass is 179 g/mol. The molecule has 0 bridgehead atoms. The summed E-state index contributed by atoms with van der Waals surface area (Å²) in [7, 11) is 0. The van der Waals surface area contributed by atoms with E-state index in [0.29, 0.717) is 30.4 Å². The second kappa shape index (κ2) is 3.40. The number of rotatable bonds is 3. The van der Waals surface area contributed by atoms with E-state index < -0.39 is 0 Å². The molecular formula is C8H9N3O2. The number of furan rings is 1. The van der Waals surface area contributed by atoms with Crippen molar-refractivity contribution >= 4 is 0 Å². The number of hydrogen-bond acceptors (Lipinski definition) is 5. The quantitative estimate of drug-likeness (QED) is 0.755. The average Bonchev–Trinajstić information content (AvgIpc) is 2.70. The molecule has 0 spiro atoms. The summed E-state index contributed by atoms with van der Waals surface area (Å²) in [6.45, 7) is 0.511. The molecule has 0 saturated carbocycles. The second-order valence-electron chi connectivity index (χ2n) is 2.53. The van der Waals surface area contributed by atoms with Crippen molar-refractivity contribution in [3.8, 4) is 11.7 Å². The summed E-state index contributed by atoms with van der Waals surface area (Å²) in [5.41, 5.74) is 5.34. The summed E-state index contributed by atoms with van der Waals surface area (Å²) in [6.07, 6.45) is 2.17. The maximum atomic E-state index is 5.34. The minimum Gasteiger partial charge on any atom is -0.459 e. The van der Waals surface area contributed by atoms with E-state index in [1.807, 2.05) is 0 Å². The van der Waals surface area contributed by atoms with Gasteiger partial charge in [-0.05, 0) is 18.7 Å². The van der Waals surface area contributed by atoms with E-state index in [-0.39, 0.29) is 0 Å². The molecule has 2 aromatic heterocycles. The molecule has 0 aromatic carbocycles. The van der Waals surface area contributed by atoms with Crippen molar-refractivity contribution < 1.29 is 8.94 Å². The van der Waals surface area contributed by atoms with Crippen LogP contribution in [0.4, 0.5) is 0 Å². The largest absolute Gasteiger partial charge is 0.459 e. The molecule has 0 atom stereocenters. The topological polar surface area (TPSA) is 78.1 Å². The van der Waals surface area contributed by atoms with Crippen LogP contribution in [0.2, 0.25) is 0 Å². The molecule has 2 heterocycles. The molecular weight excluding hydrogens is 170 g/mol. The second-order valence-corrected chi connectivity index (χ2v) is 2.53. The van der Waals surface area contributed by atoms with Crippen LogP contribution >= 0.6 is 0 Å². The van der Waals surface area contributed by atoms with Crippen LogP contribution in [-0.2, 0) is 6.42 Å². The number of hydrogen-bond donors (Lipinski definition) is 1. The standard InChI is InChI=1S/C8H9N3O2/c9-4-3-7-10-8(13-11-7)6-2-1-5-12-6/h1-2,5H,3-4,9H2. The molecule has 2 aromatic rings. The maximum Gasteiger partial charge on any atom is 0.293 e. The van der Waals surface area contributed by atoms with Crippen molar-refractivity contribution in [1.82, 2.24) is 10.1 Å². The maximum absolute atomic E-state index is 5.34. The number of nitrogens with zero attached hydrogens (tertiary/aromatic N) is 2. The highest BCUT2D eigenvalue weighted by atomic mass is 16.5. The molecule has 0 aliphatic heterocycles. The molecule has 0 aliphatic carbocycles. The van der Waals surface area contributed by atoms with Crippen LogP contribution in [0, 0.1) is 0 Å². The van der Waals surface area contributed by atoms with Crippen LogP contribution in [0.25, 0.3) is 11.7 Å². The number of aromatic nitrogens is 2. The molecule has 0 saturated heterocycles. The molecule has 5 heteroatoms. The van der Waals surface area contributed by atoms with Crippen molar-refractivity contribution in [2.75, 3.05) is 6.54 Å². The Labute approximate surface area is 74.5 Å². The third-order valence-corrected chi connectivity index (χ3v) is 1.57. The zero-order valence-electron chi connectivity index (χ0n) is 6.93. The Morgan fingerprint density at radius 2 is 2.38 bits per heavy atom. The summed E-state index contributed by atoms with van der Waals surface area (Å²) in [5, 5.41) is 3.74. The van der Waals surface area contributed by atoms with Crippen molar-refractivity contribution in [2.24, 2.45) is 5.73 Å². The van der Waals surface area contributed by atoms with Crippen LogP contribution in [0.1, 0.15) is 5.82 Å². The smallest absolute Gasteiger partial charge is 0.293 e. The summed E-state index contributed by atoms with van der Waals surface area (Å²) < 4.78 is 10.0. The third kappa shape index (κ3) is 1.59. The van der Waals surface area contributed by atoms with E-state index in [4.69, 9.17) is 14.7 Å². The van der Waals surface area contributed by atoms with E-state index in [1.54, 1.807) is 18.4 Å². The molecule has 0 amide bonds. The molecule has 0 fully saturated rings. The van der Waals surface area contributed by atoms with Crippen molar-refractivity contribution in [3.05, 3.63) is 24.2 Å². The van der Waals surface area contributed by atoms with Crippen LogP contribution in [0.3, 0.4) is 0 Å². The molecule has 0 unspecified atom stereocenters. The lowest BCUT2D eigenvalue weighted by molar-refractivity contribution is 0.409. The normalized spacial score (nSPS) is 10.5. The van der Waals surface area contributed by atoms with Gasteiger partial charge in [-0.15, -0.1) is 0 Å². The molecule has 5 nitrogen and oxygen atoms in total. The van der Waals surface area contributed by atoms with Gasteiger partial charge in [-0.25, -0.2) is 0 Å². The minimum atomic E-state index is 0.397. The van der Waals surface area contributed by atoms with Crippen LogP contribution in [0.15, 0.2) is 27.3 Å². The lowest BCUT2D eigenvalue weighted by Gasteiger charge is -1.84. The predicted octanol–water partition coefficient (Wildman–Crippen LogP) is 0.831. The zero-order valence-corrected chi connectivity index (χ0v) is 6.93. The van der Waals surface area contributed by atoms with Gasteiger partial charge in [-0.2, -0.15) is 4.98 Å². The first-order valence-corrected chi connectivity index (χ1v) is 3.96. The van der Waals surface area contributed by atoms with E-state index in [2.05, 4.69) is 10.1 Å². The Bertz CT molecular complexity index is 366. The van der Waals surface area contributed by atoms with Gasteiger partial charge in [0.15, 0.2) is 11.6 Å². The zero-order chi connectivity index (χ0) is 9.10. The van der Waals surface area contributed by atoms with Crippen molar-refractivity contribution in [2.45, 2.75) is 6.42 Å². The first kappa shape index (κ1) is 8.00. The summed E-state index contributed by atoms with van der Waals surface area (Å²) in [4.78, 5) is 4.09. The average molecular weight is 179 g/mol. The molecule has 2 rings (SSSR count).